The highest BCUT2D eigenvalue weighted by molar-refractivity contribution is 7.18. The van der Waals surface area contributed by atoms with E-state index in [-0.39, 0.29) is 20.7 Å². The Labute approximate surface area is 212 Å². The fraction of sp³-hybridized carbons (Fsp3) is 0.440. The third-order valence-electron chi connectivity index (χ3n) is 7.75. The molecule has 2 aromatic rings. The molecule has 184 valence electrons. The molecular formula is C25H29N5O3S2. The Balaban J connectivity index is 1.59. The molecule has 3 aliphatic rings. The molecule has 0 saturated heterocycles. The molecule has 0 fully saturated rings. The zero-order valence-electron chi connectivity index (χ0n) is 20.8. The Hall–Kier alpha value is -2.98. The molecule has 1 amide bonds. The maximum absolute atomic E-state index is 12.8. The van der Waals surface area contributed by atoms with E-state index in [2.05, 4.69) is 75.5 Å². The predicted octanol–water partition coefficient (Wildman–Crippen LogP) is 5.69. The first-order chi connectivity index (χ1) is 16.3. The average Bonchev–Trinajstić information content (AvgIpc) is 3.43. The number of likely N-dealkylation sites (N-methyl/N-ethyl adjacent to an activating group) is 1. The first-order valence-corrected chi connectivity index (χ1v) is 13.1. The van der Waals surface area contributed by atoms with Crippen LogP contribution in [0.25, 0.3) is 5.70 Å². The van der Waals surface area contributed by atoms with Gasteiger partial charge in [-0.2, -0.15) is 0 Å². The van der Waals surface area contributed by atoms with Crippen LogP contribution in [-0.2, 0) is 5.41 Å². The summed E-state index contributed by atoms with van der Waals surface area (Å²) in [5.41, 5.74) is 3.63. The van der Waals surface area contributed by atoms with Crippen molar-refractivity contribution in [3.05, 3.63) is 67.8 Å². The lowest BCUT2D eigenvalue weighted by atomic mass is 9.58. The fourth-order valence-corrected chi connectivity index (χ4v) is 7.03. The molecule has 0 aromatic carbocycles. The van der Waals surface area contributed by atoms with Crippen LogP contribution in [0.15, 0.2) is 42.3 Å². The quantitative estimate of drug-likeness (QED) is 0.323. The lowest BCUT2D eigenvalue weighted by molar-refractivity contribution is -0.380. The van der Waals surface area contributed by atoms with Crippen molar-refractivity contribution in [1.29, 1.82) is 0 Å². The van der Waals surface area contributed by atoms with Crippen molar-refractivity contribution in [2.75, 3.05) is 25.5 Å². The zero-order chi connectivity index (χ0) is 25.5. The molecule has 0 saturated carbocycles. The number of hydrogen-bond donors (Lipinski definition) is 1. The maximum atomic E-state index is 12.8. The average molecular weight is 512 g/mol. The van der Waals surface area contributed by atoms with E-state index < -0.39 is 16.2 Å². The number of carbonyl (C=O) groups excluding carboxylic acids is 1. The van der Waals surface area contributed by atoms with E-state index in [1.807, 2.05) is 0 Å². The molecule has 0 radical (unpaired) electrons. The van der Waals surface area contributed by atoms with E-state index in [1.165, 1.54) is 34.9 Å². The molecular weight excluding hydrogens is 482 g/mol. The molecule has 10 heteroatoms. The van der Waals surface area contributed by atoms with Gasteiger partial charge in [0.25, 0.3) is 5.91 Å². The summed E-state index contributed by atoms with van der Waals surface area (Å²) < 4.78 is 0. The van der Waals surface area contributed by atoms with Gasteiger partial charge in [0.1, 0.15) is 0 Å². The van der Waals surface area contributed by atoms with Crippen LogP contribution in [0, 0.1) is 20.9 Å². The normalized spacial score (nSPS) is 25.5. The standard InChI is InChI=1S/C25H29N5O3S2/c1-14-17-18(26-22(35-17)27-21(31)15-8-9-16(34-15)30(32)33)24(5)10-11-25(6,23(2,3)4)20-19(24)29(14)13-12-28(20)7/h8-11H,1,12-13H2,2-7H3,(H,26,27,31). The molecule has 1 aliphatic carbocycles. The summed E-state index contributed by atoms with van der Waals surface area (Å²) in [6.07, 6.45) is 4.59. The SMILES string of the molecule is C=C1c2sc(NC(=O)c3ccc([N+](=O)[O-])s3)nc2C2(C)C=CC(C)(C(C)(C)C)C3=C2N1CCN3C. The summed E-state index contributed by atoms with van der Waals surface area (Å²) in [6, 6.07) is 2.81. The molecule has 8 nitrogen and oxygen atoms in total. The summed E-state index contributed by atoms with van der Waals surface area (Å²) in [7, 11) is 2.16. The van der Waals surface area contributed by atoms with Gasteiger partial charge in [-0.1, -0.05) is 62.2 Å². The molecule has 2 atom stereocenters. The van der Waals surface area contributed by atoms with Gasteiger partial charge in [-0.25, -0.2) is 4.98 Å². The van der Waals surface area contributed by atoms with Crippen molar-refractivity contribution in [2.24, 2.45) is 10.8 Å². The van der Waals surface area contributed by atoms with E-state index >= 15 is 0 Å². The van der Waals surface area contributed by atoms with E-state index in [0.717, 1.165) is 40.7 Å². The minimum absolute atomic E-state index is 0.00340. The first-order valence-electron chi connectivity index (χ1n) is 11.5. The lowest BCUT2D eigenvalue weighted by Gasteiger charge is -2.57. The van der Waals surface area contributed by atoms with Gasteiger partial charge in [-0.3, -0.25) is 20.2 Å². The third-order valence-corrected chi connectivity index (χ3v) is 9.81. The van der Waals surface area contributed by atoms with E-state index in [1.54, 1.807) is 0 Å². The fourth-order valence-electron chi connectivity index (χ4n) is 5.26. The number of nitrogens with zero attached hydrogens (tertiary/aromatic N) is 4. The van der Waals surface area contributed by atoms with Crippen LogP contribution in [0.3, 0.4) is 0 Å². The van der Waals surface area contributed by atoms with Crippen molar-refractivity contribution < 1.29 is 9.72 Å². The smallest absolute Gasteiger partial charge is 0.324 e. The van der Waals surface area contributed by atoms with Gasteiger partial charge in [0.05, 0.1) is 37.2 Å². The molecule has 2 aliphatic heterocycles. The van der Waals surface area contributed by atoms with Crippen LogP contribution in [0.5, 0.6) is 0 Å². The zero-order valence-corrected chi connectivity index (χ0v) is 22.4. The van der Waals surface area contributed by atoms with Gasteiger partial charge in [0, 0.05) is 37.3 Å². The lowest BCUT2D eigenvalue weighted by Crippen LogP contribution is -2.55. The Kier molecular flexibility index (Phi) is 5.09. The molecule has 0 bridgehead atoms. The largest absolute Gasteiger partial charge is 0.374 e. The van der Waals surface area contributed by atoms with Gasteiger partial charge in [-0.15, -0.1) is 0 Å². The van der Waals surface area contributed by atoms with Crippen molar-refractivity contribution in [3.63, 3.8) is 0 Å². The Morgan fingerprint density at radius 1 is 1.20 bits per heavy atom. The summed E-state index contributed by atoms with van der Waals surface area (Å²) in [4.78, 5) is 34.1. The number of thiazole rings is 1. The summed E-state index contributed by atoms with van der Waals surface area (Å²) in [5, 5.41) is 14.3. The summed E-state index contributed by atoms with van der Waals surface area (Å²) >= 11 is 2.25. The minimum atomic E-state index is -0.492. The monoisotopic (exact) mass is 511 g/mol. The number of thiophene rings is 1. The number of rotatable bonds is 3. The van der Waals surface area contributed by atoms with Gasteiger partial charge in [-0.05, 0) is 25.3 Å². The van der Waals surface area contributed by atoms with Gasteiger partial charge in [0.2, 0.25) is 0 Å². The number of carbonyl (C=O) groups is 1. The number of aromatic nitrogens is 1. The first kappa shape index (κ1) is 23.7. The summed E-state index contributed by atoms with van der Waals surface area (Å²) in [5.74, 6) is -0.401. The highest BCUT2D eigenvalue weighted by Gasteiger charge is 2.54. The highest BCUT2D eigenvalue weighted by atomic mass is 32.1. The number of fused-ring (bicyclic) bond motifs is 2. The van der Waals surface area contributed by atoms with Crippen LogP contribution in [0.2, 0.25) is 0 Å². The molecule has 2 unspecified atom stereocenters. The van der Waals surface area contributed by atoms with Crippen LogP contribution in [-0.4, -0.2) is 45.8 Å². The minimum Gasteiger partial charge on any atom is -0.374 e. The maximum Gasteiger partial charge on any atom is 0.324 e. The van der Waals surface area contributed by atoms with Gasteiger partial charge < -0.3 is 9.80 Å². The molecule has 5 rings (SSSR count). The molecule has 2 aromatic heterocycles. The molecule has 1 N–H and O–H groups in total. The molecule has 35 heavy (non-hydrogen) atoms. The van der Waals surface area contributed by atoms with Crippen molar-refractivity contribution in [2.45, 2.75) is 40.0 Å². The number of hydrogen-bond acceptors (Lipinski definition) is 8. The molecule has 0 spiro atoms. The van der Waals surface area contributed by atoms with Gasteiger partial charge >= 0.3 is 5.00 Å². The second-order valence-electron chi connectivity index (χ2n) is 10.8. The number of nitro groups is 1. The Morgan fingerprint density at radius 3 is 2.54 bits per heavy atom. The topological polar surface area (TPSA) is 91.6 Å². The number of amides is 1. The van der Waals surface area contributed by atoms with Crippen LogP contribution >= 0.6 is 22.7 Å². The van der Waals surface area contributed by atoms with Crippen molar-refractivity contribution in [3.8, 4) is 0 Å². The van der Waals surface area contributed by atoms with Crippen LogP contribution < -0.4 is 5.32 Å². The Bertz CT molecular complexity index is 1350. The summed E-state index contributed by atoms with van der Waals surface area (Å²) in [6.45, 7) is 17.5. The number of anilines is 1. The van der Waals surface area contributed by atoms with E-state index in [0.29, 0.717) is 5.13 Å². The van der Waals surface area contributed by atoms with E-state index in [4.69, 9.17) is 4.98 Å². The van der Waals surface area contributed by atoms with Gasteiger partial charge in [0.15, 0.2) is 5.13 Å². The van der Waals surface area contributed by atoms with E-state index in [9.17, 15) is 14.9 Å². The third kappa shape index (κ3) is 3.30. The second kappa shape index (κ2) is 7.51. The number of nitrogens with one attached hydrogen (secondary N) is 1. The van der Waals surface area contributed by atoms with Crippen molar-refractivity contribution in [1.82, 2.24) is 14.8 Å². The van der Waals surface area contributed by atoms with Crippen LogP contribution in [0.4, 0.5) is 10.1 Å². The van der Waals surface area contributed by atoms with Crippen LogP contribution in [0.1, 0.15) is 54.9 Å². The van der Waals surface area contributed by atoms with Crippen molar-refractivity contribution >= 4 is 44.4 Å². The molecule has 4 heterocycles. The Morgan fingerprint density at radius 2 is 1.91 bits per heavy atom. The second-order valence-corrected chi connectivity index (χ2v) is 12.8. The highest BCUT2D eigenvalue weighted by Crippen LogP contribution is 2.59. The predicted molar refractivity (Wildman–Crippen MR) is 140 cm³/mol. The number of allylic oxidation sites excluding steroid dienone is 2.